The molecule has 1 aliphatic carbocycles. The van der Waals surface area contributed by atoms with Crippen molar-refractivity contribution in [1.29, 1.82) is 0 Å². The van der Waals surface area contributed by atoms with E-state index in [1.807, 2.05) is 0 Å². The zero-order valence-corrected chi connectivity index (χ0v) is 12.6. The van der Waals surface area contributed by atoms with Crippen molar-refractivity contribution in [3.63, 3.8) is 0 Å². The van der Waals surface area contributed by atoms with E-state index in [1.54, 1.807) is 0 Å². The molecule has 2 heterocycles. The predicted molar refractivity (Wildman–Crippen MR) is 86.6 cm³/mol. The third-order valence-electron chi connectivity index (χ3n) is 4.60. The van der Waals surface area contributed by atoms with Gasteiger partial charge in [-0.2, -0.15) is 0 Å². The van der Waals surface area contributed by atoms with Crippen LogP contribution in [0.25, 0.3) is 16.5 Å². The second kappa shape index (κ2) is 5.23. The van der Waals surface area contributed by atoms with Crippen molar-refractivity contribution in [2.45, 2.75) is 19.3 Å². The maximum absolute atomic E-state index is 6.10. The highest BCUT2D eigenvalue weighted by atomic mass is 16.5. The Kier molecular flexibility index (Phi) is 3.23. The molecule has 21 heavy (non-hydrogen) atoms. The predicted octanol–water partition coefficient (Wildman–Crippen LogP) is 3.68. The molecule has 3 nitrogen and oxygen atoms in total. The molecular weight excluding hydrogens is 260 g/mol. The lowest BCUT2D eigenvalue weighted by Crippen LogP contribution is -2.23. The molecule has 1 aliphatic heterocycles. The number of fused-ring (bicyclic) bond motifs is 1. The minimum atomic E-state index is 0.783. The number of benzene rings is 1. The smallest absolute Gasteiger partial charge is 0.129 e. The lowest BCUT2D eigenvalue weighted by atomic mass is 9.98. The summed E-state index contributed by atoms with van der Waals surface area (Å²) in [5, 5.41) is 1.26. The van der Waals surface area contributed by atoms with Crippen molar-refractivity contribution >= 4 is 16.5 Å². The summed E-state index contributed by atoms with van der Waals surface area (Å²) in [5.74, 6) is 1.82. The second-order valence-corrected chi connectivity index (χ2v) is 6.38. The Morgan fingerprint density at radius 3 is 3.00 bits per heavy atom. The molecule has 0 bridgehead atoms. The monoisotopic (exact) mass is 282 g/mol. The molecule has 0 spiro atoms. The van der Waals surface area contributed by atoms with Crippen molar-refractivity contribution in [2.24, 2.45) is 5.92 Å². The second-order valence-electron chi connectivity index (χ2n) is 6.38. The number of rotatable bonds is 4. The van der Waals surface area contributed by atoms with Crippen LogP contribution in [0.3, 0.4) is 0 Å². The number of hydrogen-bond donors (Lipinski definition) is 1. The van der Waals surface area contributed by atoms with Gasteiger partial charge >= 0.3 is 0 Å². The van der Waals surface area contributed by atoms with Crippen LogP contribution in [-0.4, -0.2) is 36.6 Å². The first-order valence-electron chi connectivity index (χ1n) is 7.92. The number of aromatic amines is 1. The minimum Gasteiger partial charge on any atom is -0.493 e. The summed E-state index contributed by atoms with van der Waals surface area (Å²) < 4.78 is 6.10. The van der Waals surface area contributed by atoms with Gasteiger partial charge in [0.2, 0.25) is 0 Å². The standard InChI is InChI=1S/C18H22N2O/c1-20-9-7-14(8-10-20)15-11-19-16-3-2-4-17(18(15)16)21-12-13-5-6-13/h2-4,7,11,13,19H,5-6,8-10,12H2,1H3. The fourth-order valence-electron chi connectivity index (χ4n) is 3.03. The van der Waals surface area contributed by atoms with Crippen molar-refractivity contribution in [3.05, 3.63) is 36.0 Å². The zero-order valence-electron chi connectivity index (χ0n) is 12.6. The molecule has 0 saturated heterocycles. The maximum atomic E-state index is 6.10. The summed E-state index contributed by atoms with van der Waals surface area (Å²) >= 11 is 0. The molecule has 2 aromatic rings. The van der Waals surface area contributed by atoms with Crippen LogP contribution in [0.5, 0.6) is 5.75 Å². The summed E-state index contributed by atoms with van der Waals surface area (Å²) in [6, 6.07) is 6.32. The normalized spacial score (nSPS) is 19.8. The van der Waals surface area contributed by atoms with Gasteiger partial charge in [0.15, 0.2) is 0 Å². The van der Waals surface area contributed by atoms with Crippen LogP contribution in [-0.2, 0) is 0 Å². The molecule has 110 valence electrons. The van der Waals surface area contributed by atoms with Crippen molar-refractivity contribution in [2.75, 3.05) is 26.7 Å². The number of nitrogens with one attached hydrogen (secondary N) is 1. The quantitative estimate of drug-likeness (QED) is 0.926. The summed E-state index contributed by atoms with van der Waals surface area (Å²) in [6.07, 6.45) is 8.26. The average molecular weight is 282 g/mol. The first-order chi connectivity index (χ1) is 10.3. The molecule has 0 atom stereocenters. The van der Waals surface area contributed by atoms with E-state index in [2.05, 4.69) is 47.4 Å². The molecule has 1 aromatic carbocycles. The van der Waals surface area contributed by atoms with Gasteiger partial charge in [-0.1, -0.05) is 12.1 Å². The van der Waals surface area contributed by atoms with Gasteiger partial charge in [0.25, 0.3) is 0 Å². The summed E-state index contributed by atoms with van der Waals surface area (Å²) in [5.41, 5.74) is 3.95. The van der Waals surface area contributed by atoms with Gasteiger partial charge < -0.3 is 14.6 Å². The molecule has 1 N–H and O–H groups in total. The molecule has 3 heteroatoms. The van der Waals surface area contributed by atoms with Gasteiger partial charge in [-0.05, 0) is 49.9 Å². The van der Waals surface area contributed by atoms with E-state index in [0.717, 1.165) is 37.8 Å². The summed E-state index contributed by atoms with van der Waals surface area (Å²) in [4.78, 5) is 5.76. The van der Waals surface area contributed by atoms with Gasteiger partial charge in [-0.3, -0.25) is 0 Å². The van der Waals surface area contributed by atoms with E-state index in [4.69, 9.17) is 4.74 Å². The Labute approximate surface area is 125 Å². The van der Waals surface area contributed by atoms with Crippen molar-refractivity contribution in [3.8, 4) is 5.75 Å². The van der Waals surface area contributed by atoms with Crippen LogP contribution in [0.1, 0.15) is 24.8 Å². The van der Waals surface area contributed by atoms with E-state index in [9.17, 15) is 0 Å². The fourth-order valence-corrected chi connectivity index (χ4v) is 3.03. The van der Waals surface area contributed by atoms with Crippen LogP contribution >= 0.6 is 0 Å². The minimum absolute atomic E-state index is 0.783. The highest BCUT2D eigenvalue weighted by molar-refractivity contribution is 5.97. The van der Waals surface area contributed by atoms with Crippen molar-refractivity contribution in [1.82, 2.24) is 9.88 Å². The van der Waals surface area contributed by atoms with E-state index in [0.29, 0.717) is 0 Å². The van der Waals surface area contributed by atoms with Gasteiger partial charge in [0.05, 0.1) is 6.61 Å². The molecule has 0 radical (unpaired) electrons. The number of likely N-dealkylation sites (N-methyl/N-ethyl adjacent to an activating group) is 1. The Hall–Kier alpha value is -1.74. The topological polar surface area (TPSA) is 28.3 Å². The largest absolute Gasteiger partial charge is 0.493 e. The fraction of sp³-hybridized carbons (Fsp3) is 0.444. The summed E-state index contributed by atoms with van der Waals surface area (Å²) in [6.45, 7) is 3.03. The molecule has 1 aromatic heterocycles. The third kappa shape index (κ3) is 2.58. The molecule has 2 aliphatic rings. The van der Waals surface area contributed by atoms with Crippen LogP contribution in [0, 0.1) is 5.92 Å². The van der Waals surface area contributed by atoms with E-state index in [-0.39, 0.29) is 0 Å². The first kappa shape index (κ1) is 13.0. The molecule has 0 unspecified atom stereocenters. The number of H-pyrrole nitrogens is 1. The molecule has 4 rings (SSSR count). The number of nitrogens with zero attached hydrogens (tertiary/aromatic N) is 1. The lowest BCUT2D eigenvalue weighted by Gasteiger charge is -2.22. The Bertz CT molecular complexity index is 682. The average Bonchev–Trinajstić information content (AvgIpc) is 3.24. The van der Waals surface area contributed by atoms with Gasteiger partial charge in [0.1, 0.15) is 5.75 Å². The number of aromatic nitrogens is 1. The Morgan fingerprint density at radius 2 is 2.24 bits per heavy atom. The van der Waals surface area contributed by atoms with E-state index >= 15 is 0 Å². The molecular formula is C18H22N2O. The van der Waals surface area contributed by atoms with Gasteiger partial charge in [0, 0.05) is 35.8 Å². The SMILES string of the molecule is CN1CC=C(c2c[nH]c3cccc(OCC4CC4)c23)CC1. The number of ether oxygens (including phenoxy) is 1. The number of hydrogen-bond acceptors (Lipinski definition) is 2. The highest BCUT2D eigenvalue weighted by Gasteiger charge is 2.23. The van der Waals surface area contributed by atoms with Crippen LogP contribution < -0.4 is 4.74 Å². The van der Waals surface area contributed by atoms with E-state index < -0.39 is 0 Å². The third-order valence-corrected chi connectivity index (χ3v) is 4.60. The van der Waals surface area contributed by atoms with Crippen LogP contribution in [0.2, 0.25) is 0 Å². The first-order valence-corrected chi connectivity index (χ1v) is 7.92. The molecule has 1 saturated carbocycles. The Balaban J connectivity index is 1.71. The zero-order chi connectivity index (χ0) is 14.2. The van der Waals surface area contributed by atoms with Crippen LogP contribution in [0.15, 0.2) is 30.5 Å². The lowest BCUT2D eigenvalue weighted by molar-refractivity contribution is 0.303. The highest BCUT2D eigenvalue weighted by Crippen LogP contribution is 2.36. The molecule has 1 fully saturated rings. The molecule has 0 amide bonds. The van der Waals surface area contributed by atoms with Gasteiger partial charge in [-0.15, -0.1) is 0 Å². The Morgan fingerprint density at radius 1 is 1.33 bits per heavy atom. The van der Waals surface area contributed by atoms with Gasteiger partial charge in [-0.25, -0.2) is 0 Å². The maximum Gasteiger partial charge on any atom is 0.129 e. The summed E-state index contributed by atoms with van der Waals surface area (Å²) in [7, 11) is 2.17. The van der Waals surface area contributed by atoms with Crippen molar-refractivity contribution < 1.29 is 4.74 Å². The van der Waals surface area contributed by atoms with Crippen LogP contribution in [0.4, 0.5) is 0 Å². The van der Waals surface area contributed by atoms with E-state index in [1.165, 1.54) is 34.9 Å².